The summed E-state index contributed by atoms with van der Waals surface area (Å²) in [7, 11) is 0. The highest BCUT2D eigenvalue weighted by Crippen LogP contribution is 2.06. The van der Waals surface area contributed by atoms with Crippen molar-refractivity contribution in [2.24, 2.45) is 5.73 Å². The van der Waals surface area contributed by atoms with Gasteiger partial charge in [-0.05, 0) is 31.9 Å². The van der Waals surface area contributed by atoms with E-state index in [0.717, 1.165) is 12.1 Å². The lowest BCUT2D eigenvalue weighted by Gasteiger charge is -1.99. The molecule has 0 unspecified atom stereocenters. The molecule has 0 aliphatic heterocycles. The molecule has 0 bridgehead atoms. The Bertz CT molecular complexity index is 185. The standard InChI is InChI=1S/C10H17N/c1-4-7-9(6-3)10(11)8-5-2/h4-5,7-8H,6,11H2,1-3H3/b7-4-,8-5-,10-9-. The Morgan fingerprint density at radius 2 is 1.73 bits per heavy atom. The van der Waals surface area contributed by atoms with Crippen molar-refractivity contribution < 1.29 is 0 Å². The lowest BCUT2D eigenvalue weighted by Crippen LogP contribution is -1.97. The molecule has 1 heteroatoms. The third-order valence-electron chi connectivity index (χ3n) is 1.47. The molecule has 0 aliphatic carbocycles. The second-order valence-electron chi connectivity index (χ2n) is 2.33. The Hall–Kier alpha value is -0.980. The molecule has 62 valence electrons. The van der Waals surface area contributed by atoms with Crippen LogP contribution in [0, 0.1) is 0 Å². The van der Waals surface area contributed by atoms with Crippen LogP contribution in [-0.2, 0) is 0 Å². The van der Waals surface area contributed by atoms with Gasteiger partial charge in [0.2, 0.25) is 0 Å². The molecule has 0 rings (SSSR count). The Morgan fingerprint density at radius 1 is 1.18 bits per heavy atom. The van der Waals surface area contributed by atoms with Crippen LogP contribution in [-0.4, -0.2) is 0 Å². The Morgan fingerprint density at radius 3 is 2.09 bits per heavy atom. The SMILES string of the molecule is C\C=C/C(N)=C(/C=C\C)CC. The van der Waals surface area contributed by atoms with Crippen molar-refractivity contribution in [3.05, 3.63) is 35.6 Å². The van der Waals surface area contributed by atoms with E-state index in [1.165, 1.54) is 5.57 Å². The van der Waals surface area contributed by atoms with Crippen molar-refractivity contribution in [3.8, 4) is 0 Å². The van der Waals surface area contributed by atoms with Crippen LogP contribution in [0.25, 0.3) is 0 Å². The third kappa shape index (κ3) is 3.66. The zero-order valence-corrected chi connectivity index (χ0v) is 7.59. The lowest BCUT2D eigenvalue weighted by molar-refractivity contribution is 1.11. The first-order valence-electron chi connectivity index (χ1n) is 4.00. The van der Waals surface area contributed by atoms with Gasteiger partial charge in [-0.25, -0.2) is 0 Å². The molecule has 11 heavy (non-hydrogen) atoms. The Kier molecular flexibility index (Phi) is 5.26. The van der Waals surface area contributed by atoms with Gasteiger partial charge in [-0.1, -0.05) is 25.2 Å². The van der Waals surface area contributed by atoms with Gasteiger partial charge in [0, 0.05) is 5.70 Å². The summed E-state index contributed by atoms with van der Waals surface area (Å²) in [6, 6.07) is 0. The van der Waals surface area contributed by atoms with Crippen molar-refractivity contribution in [1.82, 2.24) is 0 Å². The maximum Gasteiger partial charge on any atom is 0.0343 e. The monoisotopic (exact) mass is 151 g/mol. The molecule has 0 radical (unpaired) electrons. The van der Waals surface area contributed by atoms with Gasteiger partial charge < -0.3 is 5.73 Å². The zero-order chi connectivity index (χ0) is 8.69. The highest BCUT2D eigenvalue weighted by Gasteiger charge is 1.91. The van der Waals surface area contributed by atoms with Gasteiger partial charge in [0.15, 0.2) is 0 Å². The van der Waals surface area contributed by atoms with Crippen LogP contribution in [0.5, 0.6) is 0 Å². The summed E-state index contributed by atoms with van der Waals surface area (Å²) in [4.78, 5) is 0. The molecule has 1 nitrogen and oxygen atoms in total. The maximum atomic E-state index is 5.77. The first-order chi connectivity index (χ1) is 5.26. The Balaban J connectivity index is 4.52. The van der Waals surface area contributed by atoms with Gasteiger partial charge in [-0.3, -0.25) is 0 Å². The maximum absolute atomic E-state index is 5.77. The molecule has 0 saturated heterocycles. The highest BCUT2D eigenvalue weighted by molar-refractivity contribution is 5.30. The number of hydrogen-bond acceptors (Lipinski definition) is 1. The molecule has 0 aromatic rings. The van der Waals surface area contributed by atoms with Crippen LogP contribution in [0.3, 0.4) is 0 Å². The molecule has 0 amide bonds. The van der Waals surface area contributed by atoms with Gasteiger partial charge in [0.05, 0.1) is 0 Å². The fraction of sp³-hybridized carbons (Fsp3) is 0.400. The molecule has 0 aromatic carbocycles. The normalized spacial score (nSPS) is 14.5. The number of allylic oxidation sites excluding steroid dienone is 5. The summed E-state index contributed by atoms with van der Waals surface area (Å²) in [5.41, 5.74) is 7.83. The summed E-state index contributed by atoms with van der Waals surface area (Å²) in [6.07, 6.45) is 8.93. The van der Waals surface area contributed by atoms with Crippen LogP contribution >= 0.6 is 0 Å². The minimum absolute atomic E-state index is 0.869. The minimum Gasteiger partial charge on any atom is -0.399 e. The van der Waals surface area contributed by atoms with E-state index in [1.54, 1.807) is 0 Å². The van der Waals surface area contributed by atoms with E-state index < -0.39 is 0 Å². The fourth-order valence-electron chi connectivity index (χ4n) is 0.906. The predicted molar refractivity (Wildman–Crippen MR) is 51.1 cm³/mol. The largest absolute Gasteiger partial charge is 0.399 e. The zero-order valence-electron chi connectivity index (χ0n) is 7.59. The summed E-state index contributed by atoms with van der Waals surface area (Å²) >= 11 is 0. The summed E-state index contributed by atoms with van der Waals surface area (Å²) in [5.74, 6) is 0. The number of rotatable bonds is 3. The van der Waals surface area contributed by atoms with Gasteiger partial charge in [-0.2, -0.15) is 0 Å². The van der Waals surface area contributed by atoms with Crippen molar-refractivity contribution >= 4 is 0 Å². The van der Waals surface area contributed by atoms with Gasteiger partial charge in [-0.15, -0.1) is 0 Å². The van der Waals surface area contributed by atoms with E-state index in [1.807, 2.05) is 32.1 Å². The van der Waals surface area contributed by atoms with Crippen LogP contribution < -0.4 is 5.73 Å². The molecule has 0 aromatic heterocycles. The first kappa shape index (κ1) is 10.0. The van der Waals surface area contributed by atoms with E-state index in [0.29, 0.717) is 0 Å². The molecule has 2 N–H and O–H groups in total. The van der Waals surface area contributed by atoms with Crippen LogP contribution in [0.1, 0.15) is 27.2 Å². The van der Waals surface area contributed by atoms with Crippen molar-refractivity contribution in [1.29, 1.82) is 0 Å². The average molecular weight is 151 g/mol. The minimum atomic E-state index is 0.869. The van der Waals surface area contributed by atoms with E-state index in [9.17, 15) is 0 Å². The van der Waals surface area contributed by atoms with E-state index >= 15 is 0 Å². The highest BCUT2D eigenvalue weighted by atomic mass is 14.6. The first-order valence-corrected chi connectivity index (χ1v) is 4.00. The third-order valence-corrected chi connectivity index (χ3v) is 1.47. The van der Waals surface area contributed by atoms with Crippen molar-refractivity contribution in [2.45, 2.75) is 27.2 Å². The quantitative estimate of drug-likeness (QED) is 0.617. The molecule has 0 atom stereocenters. The molecular weight excluding hydrogens is 134 g/mol. The second-order valence-corrected chi connectivity index (χ2v) is 2.33. The topological polar surface area (TPSA) is 26.0 Å². The molecule has 0 fully saturated rings. The van der Waals surface area contributed by atoms with Crippen LogP contribution in [0.2, 0.25) is 0 Å². The number of nitrogens with two attached hydrogens (primary N) is 1. The summed E-state index contributed by atoms with van der Waals surface area (Å²) in [6.45, 7) is 6.07. The summed E-state index contributed by atoms with van der Waals surface area (Å²) < 4.78 is 0. The van der Waals surface area contributed by atoms with Gasteiger partial charge in [0.1, 0.15) is 0 Å². The summed E-state index contributed by atoms with van der Waals surface area (Å²) in [5, 5.41) is 0. The van der Waals surface area contributed by atoms with E-state index in [4.69, 9.17) is 5.73 Å². The Labute approximate surface area is 69.3 Å². The lowest BCUT2D eigenvalue weighted by atomic mass is 10.1. The van der Waals surface area contributed by atoms with E-state index in [2.05, 4.69) is 13.0 Å². The molecular formula is C10H17N. The van der Waals surface area contributed by atoms with Crippen molar-refractivity contribution in [2.75, 3.05) is 0 Å². The van der Waals surface area contributed by atoms with Gasteiger partial charge in [0.25, 0.3) is 0 Å². The van der Waals surface area contributed by atoms with Crippen LogP contribution in [0.15, 0.2) is 35.6 Å². The van der Waals surface area contributed by atoms with E-state index in [-0.39, 0.29) is 0 Å². The predicted octanol–water partition coefficient (Wildman–Crippen LogP) is 2.76. The van der Waals surface area contributed by atoms with Gasteiger partial charge >= 0.3 is 0 Å². The fourth-order valence-corrected chi connectivity index (χ4v) is 0.906. The van der Waals surface area contributed by atoms with Crippen LogP contribution in [0.4, 0.5) is 0 Å². The molecule has 0 saturated carbocycles. The smallest absolute Gasteiger partial charge is 0.0343 e. The van der Waals surface area contributed by atoms with Crippen molar-refractivity contribution in [3.63, 3.8) is 0 Å². The molecule has 0 heterocycles. The second kappa shape index (κ2) is 5.78. The molecule has 0 spiro atoms. The molecule has 0 aliphatic rings. The average Bonchev–Trinajstić information content (AvgIpc) is 2.00. The number of hydrogen-bond donors (Lipinski definition) is 1.